The number of benzene rings is 2. The second-order valence-corrected chi connectivity index (χ2v) is 5.86. The molecule has 28 heavy (non-hydrogen) atoms. The minimum absolute atomic E-state index is 0.111. The zero-order valence-electron chi connectivity index (χ0n) is 15.0. The highest BCUT2D eigenvalue weighted by atomic mass is 19.4. The maximum Gasteiger partial charge on any atom is 0.471 e. The molecule has 0 radical (unpaired) electrons. The van der Waals surface area contributed by atoms with E-state index in [1.807, 2.05) is 0 Å². The zero-order valence-corrected chi connectivity index (χ0v) is 15.0. The predicted octanol–water partition coefficient (Wildman–Crippen LogP) is 4.39. The molecule has 1 N–H and O–H groups in total. The van der Waals surface area contributed by atoms with E-state index in [2.05, 4.69) is 5.32 Å². The van der Waals surface area contributed by atoms with Crippen molar-refractivity contribution in [3.63, 3.8) is 0 Å². The fraction of sp³-hybridized carbons (Fsp3) is 0.200. The van der Waals surface area contributed by atoms with E-state index in [9.17, 15) is 27.2 Å². The number of hydrogen-bond donors (Lipinski definition) is 1. The van der Waals surface area contributed by atoms with E-state index in [0.717, 1.165) is 6.08 Å². The molecule has 2 rings (SSSR count). The number of carbonyl (C=O) groups excluding carboxylic acids is 2. The summed E-state index contributed by atoms with van der Waals surface area (Å²) < 4.78 is 51.4. The SMILES string of the molecule is CCN(Cc1cccc(NC(=O)C=Cc2ccccc2F)c1)C(=O)C(F)(F)F. The van der Waals surface area contributed by atoms with Crippen LogP contribution in [0.3, 0.4) is 0 Å². The highest BCUT2D eigenvalue weighted by Gasteiger charge is 2.41. The van der Waals surface area contributed by atoms with Crippen molar-refractivity contribution in [2.75, 3.05) is 11.9 Å². The maximum atomic E-state index is 13.5. The predicted molar refractivity (Wildman–Crippen MR) is 97.7 cm³/mol. The quantitative estimate of drug-likeness (QED) is 0.584. The first-order valence-corrected chi connectivity index (χ1v) is 8.39. The molecule has 148 valence electrons. The lowest BCUT2D eigenvalue weighted by Crippen LogP contribution is -2.40. The van der Waals surface area contributed by atoms with Gasteiger partial charge in [0, 0.05) is 30.4 Å². The third-order valence-electron chi connectivity index (χ3n) is 3.80. The highest BCUT2D eigenvalue weighted by molar-refractivity contribution is 6.02. The van der Waals surface area contributed by atoms with Crippen molar-refractivity contribution in [2.45, 2.75) is 19.6 Å². The van der Waals surface area contributed by atoms with Gasteiger partial charge in [0.2, 0.25) is 5.91 Å². The van der Waals surface area contributed by atoms with Gasteiger partial charge in [-0.15, -0.1) is 0 Å². The summed E-state index contributed by atoms with van der Waals surface area (Å²) in [5, 5.41) is 2.55. The Bertz CT molecular complexity index is 879. The minimum Gasteiger partial charge on any atom is -0.331 e. The first-order valence-electron chi connectivity index (χ1n) is 8.39. The third-order valence-corrected chi connectivity index (χ3v) is 3.80. The Balaban J connectivity index is 2.05. The molecule has 4 nitrogen and oxygen atoms in total. The Hall–Kier alpha value is -3.16. The molecule has 8 heteroatoms. The van der Waals surface area contributed by atoms with E-state index in [1.165, 1.54) is 37.3 Å². The van der Waals surface area contributed by atoms with Crippen molar-refractivity contribution >= 4 is 23.6 Å². The van der Waals surface area contributed by atoms with E-state index in [-0.39, 0.29) is 18.7 Å². The molecule has 0 aromatic heterocycles. The van der Waals surface area contributed by atoms with E-state index < -0.39 is 23.8 Å². The topological polar surface area (TPSA) is 49.4 Å². The van der Waals surface area contributed by atoms with Crippen molar-refractivity contribution in [3.8, 4) is 0 Å². The maximum absolute atomic E-state index is 13.5. The van der Waals surface area contributed by atoms with Crippen LogP contribution in [0.2, 0.25) is 0 Å². The fourth-order valence-electron chi connectivity index (χ4n) is 2.43. The molecular weight excluding hydrogens is 376 g/mol. The number of rotatable bonds is 6. The number of amides is 2. The summed E-state index contributed by atoms with van der Waals surface area (Å²) in [6.45, 7) is 1.09. The molecule has 0 saturated heterocycles. The van der Waals surface area contributed by atoms with Gasteiger partial charge in [0.25, 0.3) is 0 Å². The van der Waals surface area contributed by atoms with Gasteiger partial charge >= 0.3 is 12.1 Å². The van der Waals surface area contributed by atoms with Crippen LogP contribution >= 0.6 is 0 Å². The van der Waals surface area contributed by atoms with E-state index in [4.69, 9.17) is 0 Å². The van der Waals surface area contributed by atoms with Gasteiger partial charge in [0.1, 0.15) is 5.82 Å². The lowest BCUT2D eigenvalue weighted by molar-refractivity contribution is -0.185. The Labute approximate surface area is 159 Å². The van der Waals surface area contributed by atoms with Crippen molar-refractivity contribution in [1.82, 2.24) is 4.90 Å². The van der Waals surface area contributed by atoms with Gasteiger partial charge in [-0.3, -0.25) is 9.59 Å². The summed E-state index contributed by atoms with van der Waals surface area (Å²) in [6, 6.07) is 12.1. The smallest absolute Gasteiger partial charge is 0.331 e. The molecule has 0 saturated carbocycles. The summed E-state index contributed by atoms with van der Waals surface area (Å²) in [7, 11) is 0. The Morgan fingerprint density at radius 1 is 1.11 bits per heavy atom. The summed E-state index contributed by atoms with van der Waals surface area (Å²) in [6.07, 6.45) is -2.48. The first-order chi connectivity index (χ1) is 13.2. The van der Waals surface area contributed by atoms with Crippen molar-refractivity contribution < 1.29 is 27.2 Å². The van der Waals surface area contributed by atoms with Crippen LogP contribution in [0.4, 0.5) is 23.2 Å². The Kier molecular flexibility index (Phi) is 6.92. The fourth-order valence-corrected chi connectivity index (χ4v) is 2.43. The van der Waals surface area contributed by atoms with Gasteiger partial charge in [-0.05, 0) is 36.8 Å². The van der Waals surface area contributed by atoms with Crippen LogP contribution < -0.4 is 5.32 Å². The average Bonchev–Trinajstić information content (AvgIpc) is 2.64. The van der Waals surface area contributed by atoms with E-state index in [1.54, 1.807) is 24.3 Å². The zero-order chi connectivity index (χ0) is 20.7. The van der Waals surface area contributed by atoms with Crippen molar-refractivity contribution in [1.29, 1.82) is 0 Å². The van der Waals surface area contributed by atoms with Gasteiger partial charge in [-0.2, -0.15) is 13.2 Å². The number of alkyl halides is 3. The van der Waals surface area contributed by atoms with Gasteiger partial charge in [-0.1, -0.05) is 30.3 Å². The van der Waals surface area contributed by atoms with Gasteiger partial charge < -0.3 is 10.2 Å². The number of hydrogen-bond acceptors (Lipinski definition) is 2. The molecule has 2 aromatic carbocycles. The van der Waals surface area contributed by atoms with Gasteiger partial charge in [-0.25, -0.2) is 4.39 Å². The van der Waals surface area contributed by atoms with E-state index >= 15 is 0 Å². The number of anilines is 1. The summed E-state index contributed by atoms with van der Waals surface area (Å²) in [4.78, 5) is 24.1. The first kappa shape index (κ1) is 21.1. The Morgan fingerprint density at radius 2 is 1.82 bits per heavy atom. The summed E-state index contributed by atoms with van der Waals surface area (Å²) >= 11 is 0. The van der Waals surface area contributed by atoms with Crippen molar-refractivity contribution in [2.24, 2.45) is 0 Å². The molecule has 0 atom stereocenters. The molecule has 0 aliphatic carbocycles. The molecule has 0 heterocycles. The molecule has 0 bridgehead atoms. The molecule has 0 aliphatic rings. The third kappa shape index (κ3) is 5.94. The van der Waals surface area contributed by atoms with Crippen LogP contribution in [0.1, 0.15) is 18.1 Å². The number of nitrogens with one attached hydrogen (secondary N) is 1. The number of carbonyl (C=O) groups is 2. The molecule has 0 aliphatic heterocycles. The average molecular weight is 394 g/mol. The second kappa shape index (κ2) is 9.16. The molecule has 2 amide bonds. The summed E-state index contributed by atoms with van der Waals surface area (Å²) in [5.41, 5.74) is 1.02. The molecule has 0 fully saturated rings. The van der Waals surface area contributed by atoms with Crippen LogP contribution in [0, 0.1) is 5.82 Å². The Morgan fingerprint density at radius 3 is 2.46 bits per heavy atom. The number of halogens is 4. The molecule has 0 spiro atoms. The van der Waals surface area contributed by atoms with Crippen LogP contribution in [-0.2, 0) is 16.1 Å². The largest absolute Gasteiger partial charge is 0.471 e. The lowest BCUT2D eigenvalue weighted by atomic mass is 10.1. The van der Waals surface area contributed by atoms with Gasteiger partial charge in [0.15, 0.2) is 0 Å². The highest BCUT2D eigenvalue weighted by Crippen LogP contribution is 2.21. The van der Waals surface area contributed by atoms with E-state index in [0.29, 0.717) is 16.2 Å². The normalized spacial score (nSPS) is 11.5. The molecular formula is C20H18F4N2O2. The van der Waals surface area contributed by atoms with Crippen molar-refractivity contribution in [3.05, 3.63) is 71.6 Å². The van der Waals surface area contributed by atoms with Crippen LogP contribution in [0.25, 0.3) is 6.08 Å². The standard InChI is InChI=1S/C20H18F4N2O2/c1-2-26(19(28)20(22,23)24)13-14-6-5-8-16(12-14)25-18(27)11-10-15-7-3-4-9-17(15)21/h3-12H,2,13H2,1H3,(H,25,27). The van der Waals surface area contributed by atoms with Gasteiger partial charge in [0.05, 0.1) is 0 Å². The minimum atomic E-state index is -4.95. The number of nitrogens with zero attached hydrogens (tertiary/aromatic N) is 1. The molecule has 0 unspecified atom stereocenters. The molecule has 2 aromatic rings. The summed E-state index contributed by atoms with van der Waals surface area (Å²) in [5.74, 6) is -2.92. The van der Waals surface area contributed by atoms with Crippen LogP contribution in [0.15, 0.2) is 54.6 Å². The second-order valence-electron chi connectivity index (χ2n) is 5.86. The monoisotopic (exact) mass is 394 g/mol. The lowest BCUT2D eigenvalue weighted by Gasteiger charge is -2.22. The van der Waals surface area contributed by atoms with Crippen LogP contribution in [0.5, 0.6) is 0 Å². The van der Waals surface area contributed by atoms with Crippen LogP contribution in [-0.4, -0.2) is 29.4 Å².